The summed E-state index contributed by atoms with van der Waals surface area (Å²) >= 11 is 0. The topological polar surface area (TPSA) is 117 Å². The van der Waals surface area contributed by atoms with Gasteiger partial charge in [-0.15, -0.1) is 0 Å². The number of nitriles is 1. The quantitative estimate of drug-likeness (QED) is 0.623. The van der Waals surface area contributed by atoms with Crippen LogP contribution in [0.2, 0.25) is 0 Å². The SMILES string of the molecule is CC(OC(=O)Nc1c(C#N)cnn1-c1ccc(C2(C(=O)O)CC2)cc1)c1ccccc1. The number of benzene rings is 2. The second-order valence-corrected chi connectivity index (χ2v) is 7.45. The fraction of sp³-hybridized carbons (Fsp3) is 0.217. The molecule has 1 saturated carbocycles. The molecule has 156 valence electrons. The van der Waals surface area contributed by atoms with Gasteiger partial charge in [0.25, 0.3) is 0 Å². The van der Waals surface area contributed by atoms with Gasteiger partial charge < -0.3 is 9.84 Å². The van der Waals surface area contributed by atoms with E-state index >= 15 is 0 Å². The summed E-state index contributed by atoms with van der Waals surface area (Å²) in [6, 6.07) is 18.2. The first-order valence-corrected chi connectivity index (χ1v) is 9.79. The van der Waals surface area contributed by atoms with Crippen molar-refractivity contribution in [3.05, 3.63) is 77.5 Å². The lowest BCUT2D eigenvalue weighted by atomic mass is 9.96. The number of nitrogens with zero attached hydrogens (tertiary/aromatic N) is 3. The Balaban J connectivity index is 1.55. The van der Waals surface area contributed by atoms with E-state index in [9.17, 15) is 20.0 Å². The van der Waals surface area contributed by atoms with Crippen LogP contribution < -0.4 is 5.32 Å². The van der Waals surface area contributed by atoms with E-state index in [1.54, 1.807) is 31.2 Å². The number of anilines is 1. The molecule has 0 radical (unpaired) electrons. The number of hydrogen-bond donors (Lipinski definition) is 2. The van der Waals surface area contributed by atoms with Crippen molar-refractivity contribution in [3.63, 3.8) is 0 Å². The van der Waals surface area contributed by atoms with Gasteiger partial charge in [-0.25, -0.2) is 9.48 Å². The predicted octanol–water partition coefficient (Wildman–Crippen LogP) is 4.17. The number of hydrogen-bond acceptors (Lipinski definition) is 5. The first-order chi connectivity index (χ1) is 14.9. The molecule has 0 spiro atoms. The molecule has 4 rings (SSSR count). The van der Waals surface area contributed by atoms with Crippen LogP contribution in [-0.2, 0) is 14.9 Å². The van der Waals surface area contributed by atoms with Crippen LogP contribution in [0.1, 0.15) is 42.6 Å². The molecule has 0 aliphatic heterocycles. The molecule has 8 heteroatoms. The van der Waals surface area contributed by atoms with Gasteiger partial charge in [0.05, 0.1) is 17.3 Å². The zero-order chi connectivity index (χ0) is 22.0. The van der Waals surface area contributed by atoms with Crippen LogP contribution in [0.5, 0.6) is 0 Å². The van der Waals surface area contributed by atoms with Gasteiger partial charge in [0.2, 0.25) is 0 Å². The molecule has 1 fully saturated rings. The summed E-state index contributed by atoms with van der Waals surface area (Å²) in [4.78, 5) is 24.0. The van der Waals surface area contributed by atoms with Crippen LogP contribution in [0.3, 0.4) is 0 Å². The van der Waals surface area contributed by atoms with Crippen LogP contribution in [-0.4, -0.2) is 26.9 Å². The number of carboxylic acid groups (broad SMARTS) is 1. The smallest absolute Gasteiger partial charge is 0.413 e. The summed E-state index contributed by atoms with van der Waals surface area (Å²) in [6.07, 6.45) is 1.38. The van der Waals surface area contributed by atoms with E-state index in [0.717, 1.165) is 11.1 Å². The molecule has 3 aromatic rings. The first-order valence-electron chi connectivity index (χ1n) is 9.79. The minimum atomic E-state index is -0.830. The lowest BCUT2D eigenvalue weighted by Gasteiger charge is -2.15. The Hall–Kier alpha value is -4.12. The summed E-state index contributed by atoms with van der Waals surface area (Å²) in [7, 11) is 0. The first kappa shape index (κ1) is 20.2. The Labute approximate surface area is 178 Å². The lowest BCUT2D eigenvalue weighted by molar-refractivity contribution is -0.140. The third-order valence-corrected chi connectivity index (χ3v) is 5.49. The highest BCUT2D eigenvalue weighted by Gasteiger charge is 2.51. The van der Waals surface area contributed by atoms with E-state index in [2.05, 4.69) is 10.4 Å². The Morgan fingerprint density at radius 2 is 1.87 bits per heavy atom. The average molecular weight is 416 g/mol. The van der Waals surface area contributed by atoms with Gasteiger partial charge in [0, 0.05) is 0 Å². The fourth-order valence-electron chi connectivity index (χ4n) is 3.50. The van der Waals surface area contributed by atoms with Gasteiger partial charge in [-0.2, -0.15) is 10.4 Å². The second kappa shape index (κ2) is 7.95. The molecular weight excluding hydrogens is 396 g/mol. The zero-order valence-electron chi connectivity index (χ0n) is 16.8. The molecule has 1 aliphatic rings. The van der Waals surface area contributed by atoms with Crippen molar-refractivity contribution in [1.29, 1.82) is 5.26 Å². The van der Waals surface area contributed by atoms with Crippen LogP contribution in [0.25, 0.3) is 5.69 Å². The van der Waals surface area contributed by atoms with E-state index < -0.39 is 23.6 Å². The van der Waals surface area contributed by atoms with E-state index in [1.165, 1.54) is 10.9 Å². The van der Waals surface area contributed by atoms with Crippen molar-refractivity contribution in [3.8, 4) is 11.8 Å². The summed E-state index contributed by atoms with van der Waals surface area (Å²) in [5.74, 6) is -0.649. The molecule has 2 N–H and O–H groups in total. The van der Waals surface area contributed by atoms with E-state index in [1.807, 2.05) is 36.4 Å². The highest BCUT2D eigenvalue weighted by atomic mass is 16.6. The molecule has 1 unspecified atom stereocenters. The number of carboxylic acids is 1. The minimum Gasteiger partial charge on any atom is -0.481 e. The van der Waals surface area contributed by atoms with Crippen LogP contribution in [0.4, 0.5) is 10.6 Å². The Morgan fingerprint density at radius 1 is 1.19 bits per heavy atom. The lowest BCUT2D eigenvalue weighted by Crippen LogP contribution is -2.20. The number of nitrogens with one attached hydrogen (secondary N) is 1. The normalized spacial score (nSPS) is 14.8. The number of carbonyl (C=O) groups excluding carboxylic acids is 1. The van der Waals surface area contributed by atoms with E-state index in [0.29, 0.717) is 18.5 Å². The van der Waals surface area contributed by atoms with Crippen molar-refractivity contribution >= 4 is 17.9 Å². The van der Waals surface area contributed by atoms with Crippen LogP contribution in [0.15, 0.2) is 60.8 Å². The number of aromatic nitrogens is 2. The third-order valence-electron chi connectivity index (χ3n) is 5.49. The molecule has 1 heterocycles. The summed E-state index contributed by atoms with van der Waals surface area (Å²) in [5, 5.41) is 25.7. The summed E-state index contributed by atoms with van der Waals surface area (Å²) < 4.78 is 6.85. The molecule has 8 nitrogen and oxygen atoms in total. The predicted molar refractivity (Wildman–Crippen MR) is 112 cm³/mol. The number of amides is 1. The van der Waals surface area contributed by atoms with Crippen molar-refractivity contribution in [2.75, 3.05) is 5.32 Å². The number of rotatable bonds is 6. The maximum absolute atomic E-state index is 12.5. The zero-order valence-corrected chi connectivity index (χ0v) is 16.8. The van der Waals surface area contributed by atoms with Gasteiger partial charge >= 0.3 is 12.1 Å². The van der Waals surface area contributed by atoms with E-state index in [4.69, 9.17) is 4.74 Å². The second-order valence-electron chi connectivity index (χ2n) is 7.45. The Kier molecular flexibility index (Phi) is 5.17. The van der Waals surface area contributed by atoms with Gasteiger partial charge in [0.1, 0.15) is 17.7 Å². The van der Waals surface area contributed by atoms with Gasteiger partial charge in [-0.05, 0) is 43.0 Å². The maximum Gasteiger partial charge on any atom is 0.413 e. The molecule has 2 aromatic carbocycles. The average Bonchev–Trinajstić information content (AvgIpc) is 3.51. The van der Waals surface area contributed by atoms with Crippen molar-refractivity contribution < 1.29 is 19.4 Å². The molecule has 1 amide bonds. The van der Waals surface area contributed by atoms with Gasteiger partial charge in [-0.1, -0.05) is 42.5 Å². The summed E-state index contributed by atoms with van der Waals surface area (Å²) in [6.45, 7) is 1.76. The van der Waals surface area contributed by atoms with E-state index in [-0.39, 0.29) is 11.4 Å². The third kappa shape index (κ3) is 3.85. The van der Waals surface area contributed by atoms with Gasteiger partial charge in [-0.3, -0.25) is 10.1 Å². The number of carbonyl (C=O) groups is 2. The maximum atomic E-state index is 12.5. The molecule has 0 saturated heterocycles. The number of ether oxygens (including phenoxy) is 1. The molecule has 0 bridgehead atoms. The Morgan fingerprint density at radius 3 is 2.45 bits per heavy atom. The monoisotopic (exact) mass is 416 g/mol. The summed E-state index contributed by atoms with van der Waals surface area (Å²) in [5.41, 5.74) is 1.52. The van der Waals surface area contributed by atoms with Gasteiger partial charge in [0.15, 0.2) is 5.82 Å². The molecular formula is C23H20N4O4. The van der Waals surface area contributed by atoms with Crippen LogP contribution >= 0.6 is 0 Å². The molecule has 31 heavy (non-hydrogen) atoms. The Bertz CT molecular complexity index is 1160. The van der Waals surface area contributed by atoms with Crippen molar-refractivity contribution in [2.24, 2.45) is 0 Å². The standard InChI is InChI=1S/C23H20N4O4/c1-15(16-5-3-2-4-6-16)31-22(30)26-20-17(13-24)14-25-27(20)19-9-7-18(8-10-19)23(11-12-23)21(28)29/h2-10,14-15H,11-12H2,1H3,(H,26,30)(H,28,29). The molecule has 1 aromatic heterocycles. The minimum absolute atomic E-state index is 0.178. The van der Waals surface area contributed by atoms with Crippen LogP contribution in [0, 0.1) is 11.3 Å². The highest BCUT2D eigenvalue weighted by Crippen LogP contribution is 2.48. The van der Waals surface area contributed by atoms with Crippen molar-refractivity contribution in [2.45, 2.75) is 31.3 Å². The fourth-order valence-corrected chi connectivity index (χ4v) is 3.50. The number of aliphatic carboxylic acids is 1. The highest BCUT2D eigenvalue weighted by molar-refractivity contribution is 5.86. The molecule has 1 aliphatic carbocycles. The molecule has 1 atom stereocenters. The van der Waals surface area contributed by atoms with Crippen molar-refractivity contribution in [1.82, 2.24) is 9.78 Å². The largest absolute Gasteiger partial charge is 0.481 e.